The number of Topliss-reactive ketones (excluding diaryl/α,β-unsaturated/α-hetero) is 2. The number of hydrogen-bond donors (Lipinski definition) is 1. The normalized spacial score (nSPS) is 38.5. The zero-order chi connectivity index (χ0) is 37.9. The predicted octanol–water partition coefficient (Wildman–Crippen LogP) is 3.54. The summed E-state index contributed by atoms with van der Waals surface area (Å²) in [7, 11) is 5.20. The summed E-state index contributed by atoms with van der Waals surface area (Å²) in [5.41, 5.74) is -0.971. The molecule has 0 radical (unpaired) electrons. The molecule has 2 unspecified atom stereocenters. The van der Waals surface area contributed by atoms with Crippen LogP contribution in [0.5, 0.6) is 0 Å². The number of hydrazine groups is 1. The van der Waals surface area contributed by atoms with Gasteiger partial charge in [0, 0.05) is 24.9 Å². The van der Waals surface area contributed by atoms with Crippen LogP contribution in [0.2, 0.25) is 0 Å². The number of hydrogen-bond acceptors (Lipinski definition) is 13. The van der Waals surface area contributed by atoms with Gasteiger partial charge in [-0.25, -0.2) is 20.4 Å². The van der Waals surface area contributed by atoms with Gasteiger partial charge in [-0.15, -0.1) is 0 Å². The van der Waals surface area contributed by atoms with E-state index < -0.39 is 89.8 Å². The van der Waals surface area contributed by atoms with Gasteiger partial charge >= 0.3 is 18.0 Å². The van der Waals surface area contributed by atoms with E-state index in [0.29, 0.717) is 12.0 Å². The Morgan fingerprint density at radius 3 is 2.24 bits per heavy atom. The standard InChI is InChI=1S/C37H55N3O11/c1-11-26-31-27(40(38)36(45)50-31)21(4)28(41)19(2)18-37(7,46-10)32(22(5)29(42)23(6)33(43)48-26)51-35-30(25(39(8)9)17-20(3)47-35)49-34(44)24-15-13-12-14-16-24/h12-16,19-23,25-27,30-32,35H,11,17-18,38H2,1-10H3/t19-,20-,21-,22+,23-,25+,26-,27-,30-,31?,32-,35?,37-/m1/s1. The minimum Gasteiger partial charge on any atom is -0.458 e. The molecule has 1 aromatic carbocycles. The molecule has 1 amide bonds. The molecule has 3 aliphatic rings. The third kappa shape index (κ3) is 8.46. The number of likely N-dealkylation sites (N-methyl/N-ethyl adjacent to an activating group) is 1. The first-order chi connectivity index (χ1) is 23.9. The lowest BCUT2D eigenvalue weighted by Crippen LogP contribution is -2.60. The summed E-state index contributed by atoms with van der Waals surface area (Å²) in [4.78, 5) is 70.0. The monoisotopic (exact) mass is 717 g/mol. The fraction of sp³-hybridized carbons (Fsp3) is 0.703. The van der Waals surface area contributed by atoms with Gasteiger partial charge in [0.2, 0.25) is 0 Å². The molecule has 2 N–H and O–H groups in total. The smallest absolute Gasteiger partial charge is 0.424 e. The van der Waals surface area contributed by atoms with Gasteiger partial charge in [-0.1, -0.05) is 45.9 Å². The van der Waals surface area contributed by atoms with Crippen molar-refractivity contribution >= 4 is 29.6 Å². The average molecular weight is 718 g/mol. The maximum Gasteiger partial charge on any atom is 0.424 e. The van der Waals surface area contributed by atoms with E-state index in [0.717, 1.165) is 5.01 Å². The van der Waals surface area contributed by atoms with Crippen molar-refractivity contribution in [1.82, 2.24) is 9.91 Å². The van der Waals surface area contributed by atoms with Crippen molar-refractivity contribution in [1.29, 1.82) is 0 Å². The van der Waals surface area contributed by atoms with Crippen LogP contribution in [0, 0.1) is 23.7 Å². The van der Waals surface area contributed by atoms with Crippen molar-refractivity contribution in [2.75, 3.05) is 21.2 Å². The van der Waals surface area contributed by atoms with Gasteiger partial charge in [0.1, 0.15) is 23.8 Å². The van der Waals surface area contributed by atoms with Gasteiger partial charge in [0.05, 0.1) is 29.4 Å². The Balaban J connectivity index is 1.78. The van der Waals surface area contributed by atoms with E-state index in [2.05, 4.69) is 0 Å². The molecule has 0 bridgehead atoms. The number of ketones is 2. The van der Waals surface area contributed by atoms with E-state index in [9.17, 15) is 24.0 Å². The van der Waals surface area contributed by atoms with E-state index >= 15 is 0 Å². The maximum absolute atomic E-state index is 14.2. The molecule has 0 spiro atoms. The Labute approximate surface area is 300 Å². The molecule has 51 heavy (non-hydrogen) atoms. The molecule has 3 aliphatic heterocycles. The Hall–Kier alpha value is -3.43. The first-order valence-electron chi connectivity index (χ1n) is 17.8. The lowest BCUT2D eigenvalue weighted by atomic mass is 9.75. The minimum absolute atomic E-state index is 0.0790. The molecule has 14 heteroatoms. The Kier molecular flexibility index (Phi) is 13.0. The average Bonchev–Trinajstić information content (AvgIpc) is 3.40. The molecule has 3 heterocycles. The van der Waals surface area contributed by atoms with Crippen molar-refractivity contribution in [2.24, 2.45) is 29.5 Å². The summed E-state index contributed by atoms with van der Waals surface area (Å²) in [6, 6.07) is 7.32. The number of nitrogens with zero attached hydrogens (tertiary/aromatic N) is 2. The summed E-state index contributed by atoms with van der Waals surface area (Å²) in [6.07, 6.45) is -5.51. The van der Waals surface area contributed by atoms with Crippen molar-refractivity contribution in [3.63, 3.8) is 0 Å². The number of esters is 2. The van der Waals surface area contributed by atoms with Crippen molar-refractivity contribution in [2.45, 2.75) is 122 Å². The molecule has 3 fully saturated rings. The van der Waals surface area contributed by atoms with Crippen LogP contribution in [0.15, 0.2) is 30.3 Å². The highest BCUT2D eigenvalue weighted by Crippen LogP contribution is 2.39. The van der Waals surface area contributed by atoms with Gasteiger partial charge in [0.15, 0.2) is 24.3 Å². The van der Waals surface area contributed by atoms with Crippen molar-refractivity contribution in [3.8, 4) is 0 Å². The fourth-order valence-corrected chi connectivity index (χ4v) is 7.75. The SMILES string of the molecule is CC[C@H]1OC(=O)[C@H](C)C(=O)[C@H](C)[C@@H](OC2O[C@H](C)C[C@H](N(C)C)[C@H]2OC(=O)c2ccccc2)[C@](C)(OC)C[C@@H](C)C(=O)[C@H](C)[C@@H]2C1OC(=O)N2N. The van der Waals surface area contributed by atoms with Crippen molar-refractivity contribution < 1.29 is 52.4 Å². The van der Waals surface area contributed by atoms with E-state index in [1.165, 1.54) is 14.0 Å². The highest BCUT2D eigenvalue weighted by molar-refractivity contribution is 6.00. The number of carbonyl (C=O) groups excluding carboxylic acids is 5. The Morgan fingerprint density at radius 2 is 1.65 bits per heavy atom. The molecular weight excluding hydrogens is 662 g/mol. The summed E-state index contributed by atoms with van der Waals surface area (Å²) >= 11 is 0. The number of nitrogens with two attached hydrogens (primary N) is 1. The lowest BCUT2D eigenvalue weighted by Gasteiger charge is -2.47. The first-order valence-corrected chi connectivity index (χ1v) is 17.8. The number of cyclic esters (lactones) is 1. The quantitative estimate of drug-likeness (QED) is 0.143. The van der Waals surface area contributed by atoms with Crippen LogP contribution in [0.25, 0.3) is 0 Å². The zero-order valence-corrected chi connectivity index (χ0v) is 31.4. The minimum atomic E-state index is -1.32. The van der Waals surface area contributed by atoms with Gasteiger partial charge in [-0.2, -0.15) is 0 Å². The summed E-state index contributed by atoms with van der Waals surface area (Å²) in [6.45, 7) is 11.9. The number of amides is 1. The van der Waals surface area contributed by atoms with Crippen LogP contribution >= 0.6 is 0 Å². The third-order valence-electron chi connectivity index (χ3n) is 10.8. The second-order valence-electron chi connectivity index (χ2n) is 14.7. The van der Waals surface area contributed by atoms with Crippen LogP contribution in [-0.2, 0) is 42.8 Å². The Bertz CT molecular complexity index is 1430. The van der Waals surface area contributed by atoms with Crippen LogP contribution in [0.3, 0.4) is 0 Å². The number of methoxy groups -OCH3 is 1. The number of benzene rings is 1. The number of carbonyl (C=O) groups is 5. The zero-order valence-electron chi connectivity index (χ0n) is 31.4. The van der Waals surface area contributed by atoms with E-state index in [1.807, 2.05) is 25.9 Å². The number of ether oxygens (including phenoxy) is 6. The van der Waals surface area contributed by atoms with Crippen LogP contribution in [0.4, 0.5) is 4.79 Å². The molecule has 0 saturated carbocycles. The summed E-state index contributed by atoms with van der Waals surface area (Å²) < 4.78 is 36.8. The van der Waals surface area contributed by atoms with Crippen LogP contribution < -0.4 is 5.84 Å². The molecular formula is C37H55N3O11. The van der Waals surface area contributed by atoms with Crippen LogP contribution in [0.1, 0.15) is 78.1 Å². The van der Waals surface area contributed by atoms with Gasteiger partial charge in [0.25, 0.3) is 0 Å². The maximum atomic E-state index is 14.2. The second kappa shape index (κ2) is 16.5. The molecule has 13 atom stereocenters. The summed E-state index contributed by atoms with van der Waals surface area (Å²) in [5.74, 6) is 0.248. The molecule has 0 aliphatic carbocycles. The van der Waals surface area contributed by atoms with Crippen LogP contribution in [-0.4, -0.2) is 115 Å². The topological polar surface area (TPSA) is 173 Å². The van der Waals surface area contributed by atoms with Gasteiger partial charge < -0.3 is 33.3 Å². The number of rotatable bonds is 7. The molecule has 4 rings (SSSR count). The van der Waals surface area contributed by atoms with Gasteiger partial charge in [-0.3, -0.25) is 14.4 Å². The largest absolute Gasteiger partial charge is 0.458 e. The first kappa shape index (κ1) is 40.3. The molecule has 14 nitrogen and oxygen atoms in total. The molecule has 1 aromatic rings. The van der Waals surface area contributed by atoms with Crippen molar-refractivity contribution in [3.05, 3.63) is 35.9 Å². The lowest BCUT2D eigenvalue weighted by molar-refractivity contribution is -0.294. The highest BCUT2D eigenvalue weighted by Gasteiger charge is 2.54. The molecule has 3 saturated heterocycles. The second-order valence-corrected chi connectivity index (χ2v) is 14.7. The summed E-state index contributed by atoms with van der Waals surface area (Å²) in [5, 5.41) is 0.875. The third-order valence-corrected chi connectivity index (χ3v) is 10.8. The molecule has 284 valence electrons. The fourth-order valence-electron chi connectivity index (χ4n) is 7.75. The number of fused-ring (bicyclic) bond motifs is 1. The highest BCUT2D eigenvalue weighted by atomic mass is 16.7. The predicted molar refractivity (Wildman–Crippen MR) is 184 cm³/mol. The van der Waals surface area contributed by atoms with Gasteiger partial charge in [-0.05, 0) is 66.3 Å². The van der Waals surface area contributed by atoms with E-state index in [-0.39, 0.29) is 30.8 Å². The Morgan fingerprint density at radius 1 is 1.00 bits per heavy atom. The van der Waals surface area contributed by atoms with E-state index in [4.69, 9.17) is 34.3 Å². The van der Waals surface area contributed by atoms with E-state index in [1.54, 1.807) is 65.0 Å². The molecule has 0 aromatic heterocycles.